The number of ether oxygens (including phenoxy) is 2. The van der Waals surface area contributed by atoms with Crippen LogP contribution >= 0.6 is 12.4 Å². The maximum atomic E-state index is 12.1. The number of hydrogen-bond donors (Lipinski definition) is 2. The summed E-state index contributed by atoms with van der Waals surface area (Å²) in [6.07, 6.45) is 0.691. The molecule has 6 heteroatoms. The zero-order valence-electron chi connectivity index (χ0n) is 14.9. The second kappa shape index (κ2) is 8.58. The van der Waals surface area contributed by atoms with E-state index in [1.807, 2.05) is 18.2 Å². The second-order valence-corrected chi connectivity index (χ2v) is 7.20. The Labute approximate surface area is 150 Å². The van der Waals surface area contributed by atoms with Crippen molar-refractivity contribution >= 4 is 18.3 Å². The topological polar surface area (TPSA) is 73.6 Å². The van der Waals surface area contributed by atoms with Crippen LogP contribution in [-0.4, -0.2) is 31.7 Å². The number of fused-ring (bicyclic) bond motifs is 1. The van der Waals surface area contributed by atoms with Crippen molar-refractivity contribution in [2.24, 2.45) is 11.7 Å². The van der Waals surface area contributed by atoms with Gasteiger partial charge in [0, 0.05) is 12.0 Å². The van der Waals surface area contributed by atoms with Crippen LogP contribution in [0.25, 0.3) is 0 Å². The van der Waals surface area contributed by atoms with Gasteiger partial charge in [0.1, 0.15) is 13.2 Å². The molecule has 5 nitrogen and oxygen atoms in total. The molecule has 0 bridgehead atoms. The van der Waals surface area contributed by atoms with Gasteiger partial charge < -0.3 is 20.5 Å². The van der Waals surface area contributed by atoms with Gasteiger partial charge in [0.25, 0.3) is 0 Å². The van der Waals surface area contributed by atoms with E-state index in [9.17, 15) is 4.79 Å². The van der Waals surface area contributed by atoms with Gasteiger partial charge in [0.05, 0.1) is 6.04 Å². The number of nitrogens with one attached hydrogen (secondary N) is 1. The van der Waals surface area contributed by atoms with Crippen molar-refractivity contribution in [2.45, 2.75) is 45.6 Å². The predicted octanol–water partition coefficient (Wildman–Crippen LogP) is 2.65. The molecule has 1 aliphatic rings. The van der Waals surface area contributed by atoms with Crippen LogP contribution in [0.5, 0.6) is 11.5 Å². The predicted molar refractivity (Wildman–Crippen MR) is 98.1 cm³/mol. The second-order valence-electron chi connectivity index (χ2n) is 7.20. The maximum Gasteiger partial charge on any atom is 0.236 e. The Morgan fingerprint density at radius 2 is 1.88 bits per heavy atom. The number of amides is 1. The average molecular weight is 357 g/mol. The highest BCUT2D eigenvalue weighted by Gasteiger charge is 2.25. The summed E-state index contributed by atoms with van der Waals surface area (Å²) in [5.74, 6) is 1.86. The third-order valence-electron chi connectivity index (χ3n) is 4.09. The Balaban J connectivity index is 0.00000288. The van der Waals surface area contributed by atoms with E-state index in [4.69, 9.17) is 15.2 Å². The molecule has 0 saturated carbocycles. The molecular weight excluding hydrogens is 328 g/mol. The monoisotopic (exact) mass is 356 g/mol. The Morgan fingerprint density at radius 1 is 1.25 bits per heavy atom. The highest BCUT2D eigenvalue weighted by Crippen LogP contribution is 2.34. The molecule has 1 aromatic rings. The molecule has 0 saturated heterocycles. The van der Waals surface area contributed by atoms with E-state index in [0.29, 0.717) is 32.1 Å². The lowest BCUT2D eigenvalue weighted by Crippen LogP contribution is -2.45. The molecule has 24 heavy (non-hydrogen) atoms. The van der Waals surface area contributed by atoms with Crippen molar-refractivity contribution in [1.29, 1.82) is 0 Å². The number of nitrogens with two attached hydrogens (primary N) is 1. The highest BCUT2D eigenvalue weighted by atomic mass is 35.5. The van der Waals surface area contributed by atoms with Crippen LogP contribution in [0.15, 0.2) is 18.2 Å². The quantitative estimate of drug-likeness (QED) is 0.821. The minimum absolute atomic E-state index is 0. The average Bonchev–Trinajstić information content (AvgIpc) is 2.51. The van der Waals surface area contributed by atoms with Gasteiger partial charge in [0.15, 0.2) is 11.5 Å². The summed E-state index contributed by atoms with van der Waals surface area (Å²) in [5.41, 5.74) is 6.81. The first-order chi connectivity index (χ1) is 10.8. The van der Waals surface area contributed by atoms with E-state index in [2.05, 4.69) is 33.0 Å². The van der Waals surface area contributed by atoms with Gasteiger partial charge in [0.2, 0.25) is 5.91 Å². The Morgan fingerprint density at radius 3 is 2.50 bits per heavy atom. The fourth-order valence-electron chi connectivity index (χ4n) is 2.62. The van der Waals surface area contributed by atoms with Crippen LogP contribution in [-0.2, 0) is 10.2 Å². The smallest absolute Gasteiger partial charge is 0.236 e. The van der Waals surface area contributed by atoms with Crippen LogP contribution in [0.1, 0.15) is 39.7 Å². The lowest BCUT2D eigenvalue weighted by molar-refractivity contribution is -0.122. The van der Waals surface area contributed by atoms with Crippen LogP contribution in [0, 0.1) is 5.92 Å². The summed E-state index contributed by atoms with van der Waals surface area (Å²) in [4.78, 5) is 12.1. The van der Waals surface area contributed by atoms with E-state index < -0.39 is 6.04 Å². The zero-order chi connectivity index (χ0) is 17.0. The Kier molecular flexibility index (Phi) is 7.36. The number of hydrogen-bond acceptors (Lipinski definition) is 4. The molecule has 0 aliphatic carbocycles. The number of rotatable bonds is 6. The SMILES string of the molecule is CC(C)C[C@H](N)C(=O)NCC(C)(C)c1ccc2c(c1)OCCO2.Cl. The van der Waals surface area contributed by atoms with Crippen LogP contribution < -0.4 is 20.5 Å². The molecule has 0 radical (unpaired) electrons. The van der Waals surface area contributed by atoms with E-state index in [-0.39, 0.29) is 23.7 Å². The minimum atomic E-state index is -0.453. The van der Waals surface area contributed by atoms with Crippen LogP contribution in [0.3, 0.4) is 0 Å². The summed E-state index contributed by atoms with van der Waals surface area (Å²) < 4.78 is 11.2. The molecule has 1 aliphatic heterocycles. The van der Waals surface area contributed by atoms with E-state index >= 15 is 0 Å². The molecule has 136 valence electrons. The normalized spacial score (nSPS) is 14.8. The molecule has 0 fully saturated rings. The van der Waals surface area contributed by atoms with Gasteiger partial charge in [-0.25, -0.2) is 0 Å². The standard InChI is InChI=1S/C18H28N2O3.ClH/c1-12(2)9-14(19)17(21)20-11-18(3,4)13-5-6-15-16(10-13)23-8-7-22-15;/h5-6,10,12,14H,7-9,11,19H2,1-4H3,(H,20,21);1H/t14-;/m0./s1. The zero-order valence-corrected chi connectivity index (χ0v) is 15.7. The van der Waals surface area contributed by atoms with Gasteiger partial charge in [-0.1, -0.05) is 33.8 Å². The minimum Gasteiger partial charge on any atom is -0.486 e. The first-order valence-corrected chi connectivity index (χ1v) is 8.23. The first-order valence-electron chi connectivity index (χ1n) is 8.23. The Hall–Kier alpha value is -1.46. The molecule has 0 aromatic heterocycles. The molecular formula is C18H29ClN2O3. The lowest BCUT2D eigenvalue weighted by Gasteiger charge is -2.28. The summed E-state index contributed by atoms with van der Waals surface area (Å²) in [6, 6.07) is 5.49. The van der Waals surface area contributed by atoms with Gasteiger partial charge in [-0.05, 0) is 30.0 Å². The molecule has 0 spiro atoms. The molecule has 2 rings (SSSR count). The van der Waals surface area contributed by atoms with Crippen molar-refractivity contribution < 1.29 is 14.3 Å². The van der Waals surface area contributed by atoms with Gasteiger partial charge in [-0.2, -0.15) is 0 Å². The largest absolute Gasteiger partial charge is 0.486 e. The third-order valence-corrected chi connectivity index (χ3v) is 4.09. The fourth-order valence-corrected chi connectivity index (χ4v) is 2.62. The van der Waals surface area contributed by atoms with Gasteiger partial charge in [-0.15, -0.1) is 12.4 Å². The summed E-state index contributed by atoms with van der Waals surface area (Å²) >= 11 is 0. The summed E-state index contributed by atoms with van der Waals surface area (Å²) in [6.45, 7) is 9.98. The van der Waals surface area contributed by atoms with Crippen LogP contribution in [0.4, 0.5) is 0 Å². The van der Waals surface area contributed by atoms with Crippen LogP contribution in [0.2, 0.25) is 0 Å². The molecule has 0 unspecified atom stereocenters. The Bertz CT molecular complexity index is 561. The van der Waals surface area contributed by atoms with Crippen molar-refractivity contribution in [3.8, 4) is 11.5 Å². The van der Waals surface area contributed by atoms with Gasteiger partial charge in [-0.3, -0.25) is 4.79 Å². The number of benzene rings is 1. The van der Waals surface area contributed by atoms with Gasteiger partial charge >= 0.3 is 0 Å². The molecule has 1 heterocycles. The molecule has 3 N–H and O–H groups in total. The van der Waals surface area contributed by atoms with E-state index in [0.717, 1.165) is 17.1 Å². The van der Waals surface area contributed by atoms with Crippen molar-refractivity contribution in [1.82, 2.24) is 5.32 Å². The molecule has 1 aromatic carbocycles. The fraction of sp³-hybridized carbons (Fsp3) is 0.611. The number of carbonyl (C=O) groups excluding carboxylic acids is 1. The third kappa shape index (κ3) is 5.28. The molecule has 1 amide bonds. The summed E-state index contributed by atoms with van der Waals surface area (Å²) in [5, 5.41) is 2.97. The lowest BCUT2D eigenvalue weighted by atomic mass is 9.84. The number of halogens is 1. The van der Waals surface area contributed by atoms with Crippen molar-refractivity contribution in [3.63, 3.8) is 0 Å². The van der Waals surface area contributed by atoms with Crippen molar-refractivity contribution in [3.05, 3.63) is 23.8 Å². The van der Waals surface area contributed by atoms with E-state index in [1.165, 1.54) is 0 Å². The van der Waals surface area contributed by atoms with Crippen molar-refractivity contribution in [2.75, 3.05) is 19.8 Å². The summed E-state index contributed by atoms with van der Waals surface area (Å²) in [7, 11) is 0. The highest BCUT2D eigenvalue weighted by molar-refractivity contribution is 5.85. The first kappa shape index (κ1) is 20.6. The maximum absolute atomic E-state index is 12.1. The molecule has 1 atom stereocenters. The van der Waals surface area contributed by atoms with E-state index in [1.54, 1.807) is 0 Å². The number of carbonyl (C=O) groups is 1.